The Bertz CT molecular complexity index is 941. The largest absolute Gasteiger partial charge is 0.467 e. The monoisotopic (exact) mass is 428 g/mol. The molecule has 3 N–H and O–H groups in total. The third-order valence-corrected chi connectivity index (χ3v) is 5.31. The Hall–Kier alpha value is -3.20. The Morgan fingerprint density at radius 2 is 2.03 bits per heavy atom. The van der Waals surface area contributed by atoms with Gasteiger partial charge in [0, 0.05) is 13.0 Å². The summed E-state index contributed by atoms with van der Waals surface area (Å²) >= 11 is 0. The van der Waals surface area contributed by atoms with Crippen molar-refractivity contribution in [3.63, 3.8) is 0 Å². The fraction of sp³-hybridized carbons (Fsp3) is 0.455. The molecule has 2 amide bonds. The molecule has 0 radical (unpaired) electrons. The first-order chi connectivity index (χ1) is 14.8. The van der Waals surface area contributed by atoms with Crippen LogP contribution in [-0.2, 0) is 20.7 Å². The second-order valence-electron chi connectivity index (χ2n) is 7.68. The first kappa shape index (κ1) is 22.5. The molecular formula is C22H28N4O5. The second kappa shape index (κ2) is 9.74. The minimum Gasteiger partial charge on any atom is -0.467 e. The van der Waals surface area contributed by atoms with Gasteiger partial charge in [0.05, 0.1) is 13.2 Å². The molecule has 2 aromatic rings. The average molecular weight is 428 g/mol. The van der Waals surface area contributed by atoms with Gasteiger partial charge < -0.3 is 25.1 Å². The zero-order chi connectivity index (χ0) is 22.5. The molecule has 31 heavy (non-hydrogen) atoms. The quantitative estimate of drug-likeness (QED) is 0.640. The molecule has 1 aromatic carbocycles. The van der Waals surface area contributed by atoms with Gasteiger partial charge >= 0.3 is 5.97 Å². The number of amides is 2. The average Bonchev–Trinajstić information content (AvgIpc) is 3.40. The van der Waals surface area contributed by atoms with Crippen LogP contribution in [0.3, 0.4) is 0 Å². The zero-order valence-corrected chi connectivity index (χ0v) is 18.0. The number of hydrogen-bond acceptors (Lipinski definition) is 7. The zero-order valence-electron chi connectivity index (χ0n) is 18.0. The number of likely N-dealkylation sites (tertiary alicyclic amines) is 1. The maximum atomic E-state index is 13.1. The van der Waals surface area contributed by atoms with Crippen molar-refractivity contribution in [2.75, 3.05) is 13.7 Å². The fourth-order valence-corrected chi connectivity index (χ4v) is 3.68. The van der Waals surface area contributed by atoms with E-state index >= 15 is 0 Å². The van der Waals surface area contributed by atoms with Crippen LogP contribution in [0.5, 0.6) is 0 Å². The summed E-state index contributed by atoms with van der Waals surface area (Å²) < 4.78 is 10.3. The highest BCUT2D eigenvalue weighted by Gasteiger charge is 2.38. The maximum absolute atomic E-state index is 13.1. The van der Waals surface area contributed by atoms with Crippen molar-refractivity contribution in [3.05, 3.63) is 53.2 Å². The van der Waals surface area contributed by atoms with Gasteiger partial charge in [0.15, 0.2) is 5.69 Å². The van der Waals surface area contributed by atoms with E-state index in [0.717, 1.165) is 5.56 Å². The van der Waals surface area contributed by atoms with Crippen LogP contribution in [0.15, 0.2) is 34.7 Å². The lowest BCUT2D eigenvalue weighted by Crippen LogP contribution is -2.51. The van der Waals surface area contributed by atoms with Crippen molar-refractivity contribution in [2.45, 2.75) is 51.2 Å². The van der Waals surface area contributed by atoms with Crippen molar-refractivity contribution in [2.24, 2.45) is 5.73 Å². The standard InChI is InChI=1S/C22H28N4O5/c1-13(23)20-25-18(14(2)31-20)21(28)26-11-7-10-17(26)19(27)24-16(22(29)30-3)12-15-8-5-4-6-9-15/h4-6,8-9,13,16-17H,7,10-12,23H2,1-3H3,(H,24,27). The summed E-state index contributed by atoms with van der Waals surface area (Å²) in [5.74, 6) is -0.689. The molecule has 3 atom stereocenters. The molecule has 1 aliphatic heterocycles. The highest BCUT2D eigenvalue weighted by molar-refractivity contribution is 5.98. The van der Waals surface area contributed by atoms with Gasteiger partial charge in [0.1, 0.15) is 17.8 Å². The molecule has 0 saturated carbocycles. The van der Waals surface area contributed by atoms with Crippen LogP contribution in [0.4, 0.5) is 0 Å². The number of carbonyl (C=O) groups is 3. The van der Waals surface area contributed by atoms with E-state index in [4.69, 9.17) is 14.9 Å². The van der Waals surface area contributed by atoms with Crippen LogP contribution in [0.2, 0.25) is 0 Å². The van der Waals surface area contributed by atoms with Crippen molar-refractivity contribution in [3.8, 4) is 0 Å². The number of aryl methyl sites for hydroxylation is 1. The molecule has 1 saturated heterocycles. The lowest BCUT2D eigenvalue weighted by Gasteiger charge is -2.25. The Kier molecular flexibility index (Phi) is 7.06. The van der Waals surface area contributed by atoms with Crippen LogP contribution in [0.25, 0.3) is 0 Å². The number of nitrogens with zero attached hydrogens (tertiary/aromatic N) is 2. The highest BCUT2D eigenvalue weighted by atomic mass is 16.5. The van der Waals surface area contributed by atoms with Crippen LogP contribution >= 0.6 is 0 Å². The molecular weight excluding hydrogens is 400 g/mol. The predicted octanol–water partition coefficient (Wildman–Crippen LogP) is 1.51. The van der Waals surface area contributed by atoms with Gasteiger partial charge in [-0.2, -0.15) is 0 Å². The SMILES string of the molecule is COC(=O)C(Cc1ccccc1)NC(=O)C1CCCN1C(=O)c1nc(C(C)N)oc1C. The summed E-state index contributed by atoms with van der Waals surface area (Å²) in [5, 5.41) is 2.76. The van der Waals surface area contributed by atoms with Gasteiger partial charge in [-0.05, 0) is 32.3 Å². The van der Waals surface area contributed by atoms with E-state index in [1.54, 1.807) is 13.8 Å². The number of hydrogen-bond donors (Lipinski definition) is 2. The molecule has 9 heteroatoms. The van der Waals surface area contributed by atoms with Crippen molar-refractivity contribution < 1.29 is 23.5 Å². The molecule has 3 rings (SSSR count). The second-order valence-corrected chi connectivity index (χ2v) is 7.68. The number of nitrogens with one attached hydrogen (secondary N) is 1. The molecule has 166 valence electrons. The van der Waals surface area contributed by atoms with Gasteiger partial charge in [-0.15, -0.1) is 0 Å². The van der Waals surface area contributed by atoms with Gasteiger partial charge in [-0.3, -0.25) is 9.59 Å². The predicted molar refractivity (Wildman–Crippen MR) is 112 cm³/mol. The Morgan fingerprint density at radius 1 is 1.32 bits per heavy atom. The third kappa shape index (κ3) is 5.11. The minimum atomic E-state index is -0.851. The van der Waals surface area contributed by atoms with Crippen LogP contribution in [-0.4, -0.2) is 53.4 Å². The van der Waals surface area contributed by atoms with Gasteiger partial charge in [0.2, 0.25) is 11.8 Å². The normalized spacial score (nSPS) is 17.8. The van der Waals surface area contributed by atoms with E-state index in [9.17, 15) is 14.4 Å². The maximum Gasteiger partial charge on any atom is 0.328 e. The number of rotatable bonds is 7. The Morgan fingerprint density at radius 3 is 2.65 bits per heavy atom. The van der Waals surface area contributed by atoms with Crippen molar-refractivity contribution in [1.82, 2.24) is 15.2 Å². The van der Waals surface area contributed by atoms with Crippen molar-refractivity contribution in [1.29, 1.82) is 0 Å². The van der Waals surface area contributed by atoms with Gasteiger partial charge in [0.25, 0.3) is 5.91 Å². The number of methoxy groups -OCH3 is 1. The molecule has 9 nitrogen and oxygen atoms in total. The molecule has 1 fully saturated rings. The molecule has 0 spiro atoms. The molecule has 3 unspecified atom stereocenters. The summed E-state index contributed by atoms with van der Waals surface area (Å²) in [6.07, 6.45) is 1.45. The minimum absolute atomic E-state index is 0.154. The van der Waals surface area contributed by atoms with E-state index in [0.29, 0.717) is 31.6 Å². The first-order valence-electron chi connectivity index (χ1n) is 10.3. The fourth-order valence-electron chi connectivity index (χ4n) is 3.68. The topological polar surface area (TPSA) is 128 Å². The number of carbonyl (C=O) groups excluding carboxylic acids is 3. The van der Waals surface area contributed by atoms with Crippen molar-refractivity contribution >= 4 is 17.8 Å². The Labute approximate surface area is 180 Å². The summed E-state index contributed by atoms with van der Waals surface area (Å²) in [4.78, 5) is 44.1. The van der Waals surface area contributed by atoms with E-state index < -0.39 is 30.0 Å². The summed E-state index contributed by atoms with van der Waals surface area (Å²) in [7, 11) is 1.28. The van der Waals surface area contributed by atoms with Crippen LogP contribution < -0.4 is 11.1 Å². The van der Waals surface area contributed by atoms with Gasteiger partial charge in [-0.25, -0.2) is 9.78 Å². The number of ether oxygens (including phenoxy) is 1. The third-order valence-electron chi connectivity index (χ3n) is 5.31. The van der Waals surface area contributed by atoms with E-state index in [2.05, 4.69) is 10.3 Å². The molecule has 0 bridgehead atoms. The lowest BCUT2D eigenvalue weighted by molar-refractivity contribution is -0.145. The highest BCUT2D eigenvalue weighted by Crippen LogP contribution is 2.23. The number of nitrogens with two attached hydrogens (primary N) is 1. The summed E-state index contributed by atoms with van der Waals surface area (Å²) in [5.41, 5.74) is 6.84. The van der Waals surface area contributed by atoms with E-state index in [1.165, 1.54) is 12.0 Å². The van der Waals surface area contributed by atoms with E-state index in [1.807, 2.05) is 30.3 Å². The molecule has 2 heterocycles. The number of oxazole rings is 1. The van der Waals surface area contributed by atoms with Crippen LogP contribution in [0, 0.1) is 6.92 Å². The number of aromatic nitrogens is 1. The number of esters is 1. The molecule has 1 aliphatic rings. The smallest absolute Gasteiger partial charge is 0.328 e. The summed E-state index contributed by atoms with van der Waals surface area (Å²) in [6, 6.07) is 7.34. The van der Waals surface area contributed by atoms with E-state index in [-0.39, 0.29) is 17.5 Å². The molecule has 1 aromatic heterocycles. The van der Waals surface area contributed by atoms with Gasteiger partial charge in [-0.1, -0.05) is 30.3 Å². The number of benzene rings is 1. The van der Waals surface area contributed by atoms with Crippen LogP contribution in [0.1, 0.15) is 53.5 Å². The summed E-state index contributed by atoms with van der Waals surface area (Å²) in [6.45, 7) is 3.77. The Balaban J connectivity index is 1.74. The first-order valence-corrected chi connectivity index (χ1v) is 10.3. The lowest BCUT2D eigenvalue weighted by atomic mass is 10.1. The molecule has 0 aliphatic carbocycles.